The third-order valence-corrected chi connectivity index (χ3v) is 5.50. The Hall–Kier alpha value is -3.87. The summed E-state index contributed by atoms with van der Waals surface area (Å²) in [4.78, 5) is 29.1. The summed E-state index contributed by atoms with van der Waals surface area (Å²) in [7, 11) is 0. The van der Waals surface area contributed by atoms with Gasteiger partial charge in [-0.05, 0) is 42.0 Å². The average molecular weight is 448 g/mol. The molecule has 0 saturated carbocycles. The molecule has 0 bridgehead atoms. The maximum absolute atomic E-state index is 13.1. The Morgan fingerprint density at radius 3 is 2.21 bits per heavy atom. The van der Waals surface area contributed by atoms with Crippen molar-refractivity contribution in [1.82, 2.24) is 4.90 Å². The number of rotatable bonds is 7. The summed E-state index contributed by atoms with van der Waals surface area (Å²) in [6, 6.07) is 22.7. The fourth-order valence-electron chi connectivity index (χ4n) is 3.65. The van der Waals surface area contributed by atoms with E-state index in [-0.39, 0.29) is 30.5 Å². The van der Waals surface area contributed by atoms with Crippen LogP contribution in [-0.4, -0.2) is 49.6 Å². The molecule has 6 nitrogen and oxygen atoms in total. The predicted octanol–water partition coefficient (Wildman–Crippen LogP) is 3.91. The Bertz CT molecular complexity index is 1080. The standard InChI is InChI=1S/C26H25FN2O4/c27-21-12-10-20(11-13-21)18-32-24-9-5-4-8-23(24)26(31)33-19-25(30)29-16-14-28(15-17-29)22-6-2-1-3-7-22/h1-13H,14-19H2. The molecule has 1 aliphatic rings. The lowest BCUT2D eigenvalue weighted by molar-refractivity contribution is -0.134. The number of benzene rings is 3. The van der Waals surface area contributed by atoms with E-state index in [1.54, 1.807) is 41.3 Å². The van der Waals surface area contributed by atoms with Gasteiger partial charge in [0.05, 0.1) is 0 Å². The van der Waals surface area contributed by atoms with Crippen LogP contribution in [0.15, 0.2) is 78.9 Å². The van der Waals surface area contributed by atoms with Crippen molar-refractivity contribution in [2.24, 2.45) is 0 Å². The highest BCUT2D eigenvalue weighted by Crippen LogP contribution is 2.21. The van der Waals surface area contributed by atoms with Gasteiger partial charge in [0.2, 0.25) is 0 Å². The molecule has 4 rings (SSSR count). The Labute approximate surface area is 192 Å². The molecule has 1 heterocycles. The fraction of sp³-hybridized carbons (Fsp3) is 0.231. The van der Waals surface area contributed by atoms with Gasteiger partial charge in [0, 0.05) is 31.9 Å². The van der Waals surface area contributed by atoms with Gasteiger partial charge >= 0.3 is 5.97 Å². The quantitative estimate of drug-likeness (QED) is 0.513. The van der Waals surface area contributed by atoms with Crippen molar-refractivity contribution in [2.75, 3.05) is 37.7 Å². The summed E-state index contributed by atoms with van der Waals surface area (Å²) in [5.41, 5.74) is 2.14. The monoisotopic (exact) mass is 448 g/mol. The normalized spacial score (nSPS) is 13.5. The topological polar surface area (TPSA) is 59.1 Å². The number of carbonyl (C=O) groups is 2. The lowest BCUT2D eigenvalue weighted by atomic mass is 10.2. The lowest BCUT2D eigenvalue weighted by Crippen LogP contribution is -2.49. The van der Waals surface area contributed by atoms with E-state index < -0.39 is 5.97 Å². The Morgan fingerprint density at radius 2 is 1.48 bits per heavy atom. The van der Waals surface area contributed by atoms with Crippen LogP contribution in [0.1, 0.15) is 15.9 Å². The van der Waals surface area contributed by atoms with Crippen molar-refractivity contribution in [3.05, 3.63) is 95.8 Å². The first-order chi connectivity index (χ1) is 16.1. The molecule has 3 aromatic rings. The Balaban J connectivity index is 1.28. The van der Waals surface area contributed by atoms with Crippen LogP contribution in [0.2, 0.25) is 0 Å². The van der Waals surface area contributed by atoms with Crippen LogP contribution in [0.3, 0.4) is 0 Å². The van der Waals surface area contributed by atoms with E-state index >= 15 is 0 Å². The van der Waals surface area contributed by atoms with Crippen molar-refractivity contribution in [3.8, 4) is 5.75 Å². The molecular weight excluding hydrogens is 423 g/mol. The van der Waals surface area contributed by atoms with Crippen molar-refractivity contribution >= 4 is 17.6 Å². The van der Waals surface area contributed by atoms with Crippen LogP contribution in [0.25, 0.3) is 0 Å². The van der Waals surface area contributed by atoms with Gasteiger partial charge in [-0.25, -0.2) is 9.18 Å². The number of nitrogens with zero attached hydrogens (tertiary/aromatic N) is 2. The average Bonchev–Trinajstić information content (AvgIpc) is 2.87. The minimum Gasteiger partial charge on any atom is -0.488 e. The number of piperazine rings is 1. The van der Waals surface area contributed by atoms with Gasteiger partial charge in [0.1, 0.15) is 23.7 Å². The van der Waals surface area contributed by atoms with E-state index in [0.29, 0.717) is 18.8 Å². The predicted molar refractivity (Wildman–Crippen MR) is 123 cm³/mol. The van der Waals surface area contributed by atoms with Crippen LogP contribution < -0.4 is 9.64 Å². The van der Waals surface area contributed by atoms with Crippen LogP contribution in [0.4, 0.5) is 10.1 Å². The molecule has 0 unspecified atom stereocenters. The number of hydrogen-bond donors (Lipinski definition) is 0. The molecule has 170 valence electrons. The fourth-order valence-corrected chi connectivity index (χ4v) is 3.65. The number of carbonyl (C=O) groups excluding carboxylic acids is 2. The molecule has 0 aliphatic carbocycles. The van der Waals surface area contributed by atoms with Crippen LogP contribution in [-0.2, 0) is 16.1 Å². The molecule has 3 aromatic carbocycles. The second kappa shape index (κ2) is 10.6. The van der Waals surface area contributed by atoms with Gasteiger partial charge in [0.15, 0.2) is 6.61 Å². The molecule has 7 heteroatoms. The highest BCUT2D eigenvalue weighted by atomic mass is 19.1. The third-order valence-electron chi connectivity index (χ3n) is 5.50. The second-order valence-corrected chi connectivity index (χ2v) is 7.69. The maximum atomic E-state index is 13.1. The van der Waals surface area contributed by atoms with Gasteiger partial charge in [-0.3, -0.25) is 4.79 Å². The maximum Gasteiger partial charge on any atom is 0.342 e. The zero-order valence-electron chi connectivity index (χ0n) is 18.2. The highest BCUT2D eigenvalue weighted by Gasteiger charge is 2.23. The molecular formula is C26H25FN2O4. The molecule has 1 aliphatic heterocycles. The largest absolute Gasteiger partial charge is 0.488 e. The summed E-state index contributed by atoms with van der Waals surface area (Å²) < 4.78 is 24.1. The second-order valence-electron chi connectivity index (χ2n) is 7.69. The molecule has 0 spiro atoms. The van der Waals surface area contributed by atoms with Gasteiger partial charge in [0.25, 0.3) is 5.91 Å². The van der Waals surface area contributed by atoms with Crippen molar-refractivity contribution in [3.63, 3.8) is 0 Å². The van der Waals surface area contributed by atoms with Crippen molar-refractivity contribution in [1.29, 1.82) is 0 Å². The van der Waals surface area contributed by atoms with E-state index in [2.05, 4.69) is 17.0 Å². The van der Waals surface area contributed by atoms with Gasteiger partial charge < -0.3 is 19.3 Å². The Kier molecular flexibility index (Phi) is 7.19. The number of hydrogen-bond acceptors (Lipinski definition) is 5. The third kappa shape index (κ3) is 5.88. The summed E-state index contributed by atoms with van der Waals surface area (Å²) >= 11 is 0. The van der Waals surface area contributed by atoms with E-state index in [1.165, 1.54) is 12.1 Å². The van der Waals surface area contributed by atoms with Gasteiger partial charge in [-0.1, -0.05) is 42.5 Å². The van der Waals surface area contributed by atoms with Gasteiger partial charge in [-0.15, -0.1) is 0 Å². The first-order valence-corrected chi connectivity index (χ1v) is 10.8. The van der Waals surface area contributed by atoms with E-state index in [4.69, 9.17) is 9.47 Å². The van der Waals surface area contributed by atoms with Crippen LogP contribution in [0.5, 0.6) is 5.75 Å². The minimum atomic E-state index is -0.624. The molecule has 1 saturated heterocycles. The molecule has 0 N–H and O–H groups in total. The van der Waals surface area contributed by atoms with Crippen LogP contribution >= 0.6 is 0 Å². The number of amides is 1. The van der Waals surface area contributed by atoms with E-state index in [1.807, 2.05) is 18.2 Å². The summed E-state index contributed by atoms with van der Waals surface area (Å²) in [6.45, 7) is 2.45. The number of esters is 1. The first kappa shape index (κ1) is 22.3. The van der Waals surface area contributed by atoms with E-state index in [0.717, 1.165) is 24.3 Å². The van der Waals surface area contributed by atoms with Gasteiger partial charge in [-0.2, -0.15) is 0 Å². The zero-order valence-corrected chi connectivity index (χ0v) is 18.2. The number of ether oxygens (including phenoxy) is 2. The van der Waals surface area contributed by atoms with E-state index in [9.17, 15) is 14.0 Å². The van der Waals surface area contributed by atoms with Crippen LogP contribution in [0, 0.1) is 5.82 Å². The summed E-state index contributed by atoms with van der Waals surface area (Å²) in [5, 5.41) is 0. The number of para-hydroxylation sites is 2. The minimum absolute atomic E-state index is 0.176. The molecule has 33 heavy (non-hydrogen) atoms. The lowest BCUT2D eigenvalue weighted by Gasteiger charge is -2.36. The molecule has 0 atom stereocenters. The highest BCUT2D eigenvalue weighted by molar-refractivity contribution is 5.94. The molecule has 1 fully saturated rings. The SMILES string of the molecule is O=C(OCC(=O)N1CCN(c2ccccc2)CC1)c1ccccc1OCc1ccc(F)cc1. The Morgan fingerprint density at radius 1 is 0.818 bits per heavy atom. The molecule has 0 radical (unpaired) electrons. The zero-order chi connectivity index (χ0) is 23.0. The summed E-state index contributed by atoms with van der Waals surface area (Å²) in [5.74, 6) is -0.827. The molecule has 1 amide bonds. The first-order valence-electron chi connectivity index (χ1n) is 10.8. The molecule has 0 aromatic heterocycles. The van der Waals surface area contributed by atoms with Crippen molar-refractivity contribution < 1.29 is 23.5 Å². The smallest absolute Gasteiger partial charge is 0.342 e. The van der Waals surface area contributed by atoms with Crippen molar-refractivity contribution in [2.45, 2.75) is 6.61 Å². The number of halogens is 1. The number of anilines is 1. The summed E-state index contributed by atoms with van der Waals surface area (Å²) in [6.07, 6.45) is 0.